The van der Waals surface area contributed by atoms with E-state index < -0.39 is 17.6 Å². The maximum atomic E-state index is 13.3. The zero-order valence-electron chi connectivity index (χ0n) is 16.8. The van der Waals surface area contributed by atoms with Crippen molar-refractivity contribution in [2.24, 2.45) is 0 Å². The smallest absolute Gasteiger partial charge is 0.305 e. The summed E-state index contributed by atoms with van der Waals surface area (Å²) in [6.07, 6.45) is 0.0346. The summed E-state index contributed by atoms with van der Waals surface area (Å²) < 4.78 is 40.9. The molecule has 0 fully saturated rings. The van der Waals surface area contributed by atoms with Crippen LogP contribution in [0.5, 0.6) is 0 Å². The Morgan fingerprint density at radius 3 is 2.65 bits per heavy atom. The number of benzene rings is 1. The van der Waals surface area contributed by atoms with E-state index in [-0.39, 0.29) is 36.0 Å². The predicted molar refractivity (Wildman–Crippen MR) is 107 cm³/mol. The van der Waals surface area contributed by atoms with Crippen molar-refractivity contribution < 1.29 is 22.8 Å². The number of halogens is 3. The first-order chi connectivity index (χ1) is 14.7. The van der Waals surface area contributed by atoms with Crippen molar-refractivity contribution in [2.45, 2.75) is 32.5 Å². The highest BCUT2D eigenvalue weighted by Gasteiger charge is 2.36. The molecule has 1 aliphatic rings. The van der Waals surface area contributed by atoms with Gasteiger partial charge in [0.15, 0.2) is 5.78 Å². The van der Waals surface area contributed by atoms with E-state index >= 15 is 0 Å². The van der Waals surface area contributed by atoms with Gasteiger partial charge in [0, 0.05) is 42.2 Å². The molecular formula is C22H19F3N4O2. The molecular weight excluding hydrogens is 409 g/mol. The number of rotatable bonds is 4. The normalized spacial score (nSPS) is 16.4. The number of amides is 1. The first-order valence-corrected chi connectivity index (χ1v) is 9.66. The molecule has 6 nitrogen and oxygen atoms in total. The number of alkyl halides is 3. The Labute approximate surface area is 176 Å². The lowest BCUT2D eigenvalue weighted by atomic mass is 10.0. The molecule has 0 aliphatic carbocycles. The van der Waals surface area contributed by atoms with E-state index in [1.165, 1.54) is 36.4 Å². The highest BCUT2D eigenvalue weighted by atomic mass is 19.4. The first kappa shape index (κ1) is 20.8. The maximum Gasteiger partial charge on any atom is 0.416 e. The number of aromatic nitrogens is 3. The molecule has 1 aromatic carbocycles. The van der Waals surface area contributed by atoms with Crippen LogP contribution in [0.4, 0.5) is 18.9 Å². The third-order valence-electron chi connectivity index (χ3n) is 5.34. The molecule has 1 amide bonds. The van der Waals surface area contributed by atoms with Crippen LogP contribution in [0.25, 0.3) is 0 Å². The van der Waals surface area contributed by atoms with Gasteiger partial charge in [-0.2, -0.15) is 18.3 Å². The minimum atomic E-state index is -4.46. The van der Waals surface area contributed by atoms with Gasteiger partial charge in [0.25, 0.3) is 5.91 Å². The van der Waals surface area contributed by atoms with Gasteiger partial charge in [0.05, 0.1) is 17.8 Å². The monoisotopic (exact) mass is 428 g/mol. The maximum absolute atomic E-state index is 13.3. The number of pyridine rings is 1. The lowest BCUT2D eigenvalue weighted by Crippen LogP contribution is -2.43. The van der Waals surface area contributed by atoms with Crippen molar-refractivity contribution in [3.8, 4) is 0 Å². The third-order valence-corrected chi connectivity index (χ3v) is 5.34. The summed E-state index contributed by atoms with van der Waals surface area (Å²) >= 11 is 0. The number of carbonyl (C=O) groups is 2. The molecule has 2 aromatic heterocycles. The highest BCUT2D eigenvalue weighted by Crippen LogP contribution is 2.35. The van der Waals surface area contributed by atoms with E-state index in [0.29, 0.717) is 16.8 Å². The van der Waals surface area contributed by atoms with Crippen LogP contribution in [-0.2, 0) is 12.6 Å². The first-order valence-electron chi connectivity index (χ1n) is 9.66. The molecule has 0 saturated heterocycles. The Morgan fingerprint density at radius 1 is 1.23 bits per heavy atom. The molecule has 3 aromatic rings. The van der Waals surface area contributed by atoms with Crippen LogP contribution in [0.2, 0.25) is 0 Å². The molecule has 9 heteroatoms. The van der Waals surface area contributed by atoms with Gasteiger partial charge < -0.3 is 4.90 Å². The largest absolute Gasteiger partial charge is 0.416 e. The number of aryl methyl sites for hydroxylation is 1. The second-order valence-corrected chi connectivity index (χ2v) is 7.57. The summed E-state index contributed by atoms with van der Waals surface area (Å²) in [4.78, 5) is 31.3. The van der Waals surface area contributed by atoms with Gasteiger partial charge in [-0.3, -0.25) is 19.3 Å². The second-order valence-electron chi connectivity index (χ2n) is 7.57. The Bertz CT molecular complexity index is 1160. The molecule has 160 valence electrons. The fourth-order valence-electron chi connectivity index (χ4n) is 3.81. The minimum Gasteiger partial charge on any atom is -0.305 e. The summed E-state index contributed by atoms with van der Waals surface area (Å²) in [7, 11) is 0. The number of nitrogens with zero attached hydrogens (tertiary/aromatic N) is 4. The summed E-state index contributed by atoms with van der Waals surface area (Å²) in [6, 6.07) is 6.74. The van der Waals surface area contributed by atoms with Crippen molar-refractivity contribution in [3.63, 3.8) is 0 Å². The summed E-state index contributed by atoms with van der Waals surface area (Å²) in [6.45, 7) is 3.49. The van der Waals surface area contributed by atoms with Crippen LogP contribution in [0.1, 0.15) is 50.5 Å². The average molecular weight is 428 g/mol. The van der Waals surface area contributed by atoms with E-state index in [2.05, 4.69) is 10.1 Å². The van der Waals surface area contributed by atoms with Crippen molar-refractivity contribution >= 4 is 17.4 Å². The fraction of sp³-hybridized carbons (Fsp3) is 0.273. The molecule has 0 saturated carbocycles. The van der Waals surface area contributed by atoms with E-state index in [1.807, 2.05) is 6.92 Å². The van der Waals surface area contributed by atoms with Gasteiger partial charge in [-0.15, -0.1) is 0 Å². The molecule has 31 heavy (non-hydrogen) atoms. The molecule has 4 rings (SSSR count). The van der Waals surface area contributed by atoms with Crippen LogP contribution < -0.4 is 4.90 Å². The van der Waals surface area contributed by atoms with Gasteiger partial charge in [-0.1, -0.05) is 0 Å². The van der Waals surface area contributed by atoms with Crippen molar-refractivity contribution in [1.29, 1.82) is 0 Å². The molecule has 0 N–H and O–H groups in total. The number of hydrogen-bond acceptors (Lipinski definition) is 4. The summed E-state index contributed by atoms with van der Waals surface area (Å²) in [5.74, 6) is -0.601. The minimum absolute atomic E-state index is 0.0284. The van der Waals surface area contributed by atoms with Gasteiger partial charge in [0.2, 0.25) is 0 Å². The van der Waals surface area contributed by atoms with Crippen LogP contribution in [0.15, 0.2) is 48.9 Å². The topological polar surface area (TPSA) is 68.1 Å². The number of ketones is 1. The number of hydrogen-bond donors (Lipinski definition) is 0. The van der Waals surface area contributed by atoms with E-state index in [4.69, 9.17) is 0 Å². The molecule has 1 aliphatic heterocycles. The summed E-state index contributed by atoms with van der Waals surface area (Å²) in [5, 5.41) is 4.28. The van der Waals surface area contributed by atoms with Crippen molar-refractivity contribution in [2.75, 3.05) is 11.4 Å². The predicted octanol–water partition coefficient (Wildman–Crippen LogP) is 4.25. The molecule has 0 unspecified atom stereocenters. The zero-order valence-corrected chi connectivity index (χ0v) is 16.8. The molecule has 0 radical (unpaired) electrons. The standard InChI is InChI=1S/C22H19F3N4O2/c1-13-8-17(5-6-18(13)22(23,24)25)28-12-14(2)29-20(21(28)31)16(11-27-29)9-19(30)15-4-3-7-26-10-15/h3-8,10-11,14H,9,12H2,1-2H3/t14-/m0/s1. The lowest BCUT2D eigenvalue weighted by Gasteiger charge is -2.32. The summed E-state index contributed by atoms with van der Waals surface area (Å²) in [5.41, 5.74) is 0.846. The van der Waals surface area contributed by atoms with Gasteiger partial charge in [-0.05, 0) is 49.7 Å². The number of carbonyl (C=O) groups excluding carboxylic acids is 2. The number of fused-ring (bicyclic) bond motifs is 1. The molecule has 0 spiro atoms. The Morgan fingerprint density at radius 2 is 2.00 bits per heavy atom. The highest BCUT2D eigenvalue weighted by molar-refractivity contribution is 6.08. The lowest BCUT2D eigenvalue weighted by molar-refractivity contribution is -0.138. The Hall–Kier alpha value is -3.49. The van der Waals surface area contributed by atoms with E-state index in [1.54, 1.807) is 23.0 Å². The van der Waals surface area contributed by atoms with E-state index in [9.17, 15) is 22.8 Å². The third kappa shape index (κ3) is 3.83. The van der Waals surface area contributed by atoms with Crippen LogP contribution in [-0.4, -0.2) is 33.0 Å². The Kier molecular flexibility index (Phi) is 5.12. The fourth-order valence-corrected chi connectivity index (χ4v) is 3.81. The van der Waals surface area contributed by atoms with Crippen molar-refractivity contribution in [1.82, 2.24) is 14.8 Å². The van der Waals surface area contributed by atoms with Crippen molar-refractivity contribution in [3.05, 3.63) is 76.9 Å². The van der Waals surface area contributed by atoms with Gasteiger partial charge in [0.1, 0.15) is 5.69 Å². The molecule has 0 bridgehead atoms. The quantitative estimate of drug-likeness (QED) is 0.583. The second kappa shape index (κ2) is 7.64. The number of anilines is 1. The van der Waals surface area contributed by atoms with Crippen LogP contribution >= 0.6 is 0 Å². The zero-order chi connectivity index (χ0) is 22.3. The van der Waals surface area contributed by atoms with Crippen LogP contribution in [0.3, 0.4) is 0 Å². The molecule has 1 atom stereocenters. The van der Waals surface area contributed by atoms with E-state index in [0.717, 1.165) is 6.07 Å². The molecule has 3 heterocycles. The average Bonchev–Trinajstić information content (AvgIpc) is 3.15. The van der Waals surface area contributed by atoms with Gasteiger partial charge >= 0.3 is 6.18 Å². The SMILES string of the molecule is Cc1cc(N2C[C@H](C)n3ncc(CC(=O)c4cccnc4)c3C2=O)ccc1C(F)(F)F. The van der Waals surface area contributed by atoms with Crippen LogP contribution in [0, 0.1) is 6.92 Å². The van der Waals surface area contributed by atoms with Gasteiger partial charge in [-0.25, -0.2) is 0 Å². The number of Topliss-reactive ketones (excluding diaryl/α,β-unsaturated/α-hetero) is 1. The Balaban J connectivity index is 1.66.